The van der Waals surface area contributed by atoms with Gasteiger partial charge in [0.2, 0.25) is 5.88 Å². The molecule has 0 unspecified atom stereocenters. The van der Waals surface area contributed by atoms with Crippen molar-refractivity contribution in [3.8, 4) is 17.3 Å². The maximum Gasteiger partial charge on any atom is 0.573 e. The highest BCUT2D eigenvalue weighted by Gasteiger charge is 2.31. The molecule has 2 heterocycles. The van der Waals surface area contributed by atoms with Crippen LogP contribution in [0.15, 0.2) is 59.5 Å². The molecule has 0 bridgehead atoms. The molecule has 0 fully saturated rings. The SMILES string of the molecule is Cc1c(O)n(-c2ccc(OC(F)(F)F)cc2)c(=O)n1Cc1ccnc2cc(N)ccc12. The first-order valence-electron chi connectivity index (χ1n) is 9.14. The summed E-state index contributed by atoms with van der Waals surface area (Å²) in [5.74, 6) is -0.737. The number of imidazole rings is 1. The Morgan fingerprint density at radius 3 is 2.52 bits per heavy atom. The van der Waals surface area contributed by atoms with Crippen LogP contribution < -0.4 is 16.2 Å². The van der Waals surface area contributed by atoms with Gasteiger partial charge in [0, 0.05) is 17.3 Å². The minimum Gasteiger partial charge on any atom is -0.493 e. The fraction of sp³-hybridized carbons (Fsp3) is 0.143. The first kappa shape index (κ1) is 20.3. The van der Waals surface area contributed by atoms with Gasteiger partial charge < -0.3 is 15.6 Å². The molecular weight excluding hydrogens is 413 g/mol. The maximum absolute atomic E-state index is 13.0. The average Bonchev–Trinajstić information content (AvgIpc) is 2.91. The molecule has 3 N–H and O–H groups in total. The number of benzene rings is 2. The van der Waals surface area contributed by atoms with Crippen LogP contribution in [0.2, 0.25) is 0 Å². The van der Waals surface area contributed by atoms with Crippen molar-refractivity contribution < 1.29 is 23.0 Å². The number of ether oxygens (including phenoxy) is 1. The van der Waals surface area contributed by atoms with E-state index in [0.717, 1.165) is 27.6 Å². The van der Waals surface area contributed by atoms with E-state index in [4.69, 9.17) is 5.73 Å². The zero-order valence-corrected chi connectivity index (χ0v) is 16.2. The predicted molar refractivity (Wildman–Crippen MR) is 108 cm³/mol. The lowest BCUT2D eigenvalue weighted by Crippen LogP contribution is -2.24. The van der Waals surface area contributed by atoms with E-state index < -0.39 is 17.8 Å². The molecule has 0 aliphatic rings. The first-order valence-corrected chi connectivity index (χ1v) is 9.14. The van der Waals surface area contributed by atoms with Crippen LogP contribution in [-0.4, -0.2) is 25.6 Å². The van der Waals surface area contributed by atoms with Gasteiger partial charge in [-0.25, -0.2) is 9.36 Å². The van der Waals surface area contributed by atoms with E-state index in [1.165, 1.54) is 16.7 Å². The van der Waals surface area contributed by atoms with Gasteiger partial charge in [-0.2, -0.15) is 0 Å². The largest absolute Gasteiger partial charge is 0.573 e. The lowest BCUT2D eigenvalue weighted by Gasteiger charge is -2.09. The monoisotopic (exact) mass is 430 g/mol. The molecule has 0 saturated heterocycles. The summed E-state index contributed by atoms with van der Waals surface area (Å²) in [6.45, 7) is 1.74. The van der Waals surface area contributed by atoms with E-state index in [-0.39, 0.29) is 18.1 Å². The molecule has 31 heavy (non-hydrogen) atoms. The molecule has 160 valence electrons. The van der Waals surface area contributed by atoms with E-state index in [1.807, 2.05) is 6.07 Å². The number of nitrogens with two attached hydrogens (primary N) is 1. The average molecular weight is 430 g/mol. The number of hydrogen-bond acceptors (Lipinski definition) is 5. The van der Waals surface area contributed by atoms with Gasteiger partial charge in [0.15, 0.2) is 0 Å². The number of halogens is 3. The minimum atomic E-state index is -4.82. The zero-order chi connectivity index (χ0) is 22.3. The summed E-state index contributed by atoms with van der Waals surface area (Å²) in [6, 6.07) is 11.7. The lowest BCUT2D eigenvalue weighted by molar-refractivity contribution is -0.274. The van der Waals surface area contributed by atoms with Crippen molar-refractivity contribution in [3.05, 3.63) is 76.5 Å². The molecule has 7 nitrogen and oxygen atoms in total. The fourth-order valence-electron chi connectivity index (χ4n) is 3.39. The topological polar surface area (TPSA) is 95.3 Å². The van der Waals surface area contributed by atoms with Crippen molar-refractivity contribution in [2.24, 2.45) is 0 Å². The van der Waals surface area contributed by atoms with Gasteiger partial charge in [-0.05, 0) is 55.0 Å². The summed E-state index contributed by atoms with van der Waals surface area (Å²) >= 11 is 0. The predicted octanol–water partition coefficient (Wildman–Crippen LogP) is 3.73. The highest BCUT2D eigenvalue weighted by Crippen LogP contribution is 2.26. The van der Waals surface area contributed by atoms with Crippen molar-refractivity contribution >= 4 is 16.6 Å². The van der Waals surface area contributed by atoms with Crippen LogP contribution in [-0.2, 0) is 6.54 Å². The van der Waals surface area contributed by atoms with Crippen LogP contribution >= 0.6 is 0 Å². The summed E-state index contributed by atoms with van der Waals surface area (Å²) in [4.78, 5) is 17.3. The van der Waals surface area contributed by atoms with E-state index in [2.05, 4.69) is 9.72 Å². The number of rotatable bonds is 4. The van der Waals surface area contributed by atoms with Gasteiger partial charge in [0.25, 0.3) is 0 Å². The van der Waals surface area contributed by atoms with Gasteiger partial charge in [0.05, 0.1) is 23.4 Å². The number of pyridine rings is 1. The van der Waals surface area contributed by atoms with E-state index >= 15 is 0 Å². The third-order valence-corrected chi connectivity index (χ3v) is 4.88. The molecule has 0 radical (unpaired) electrons. The normalized spacial score (nSPS) is 11.7. The molecule has 0 spiro atoms. The highest BCUT2D eigenvalue weighted by atomic mass is 19.4. The van der Waals surface area contributed by atoms with Crippen LogP contribution in [0.3, 0.4) is 0 Å². The Hall–Kier alpha value is -3.95. The summed E-state index contributed by atoms with van der Waals surface area (Å²) < 4.78 is 43.3. The zero-order valence-electron chi connectivity index (χ0n) is 16.2. The smallest absolute Gasteiger partial charge is 0.493 e. The number of hydrogen-bond donors (Lipinski definition) is 2. The fourth-order valence-corrected chi connectivity index (χ4v) is 3.39. The molecule has 0 atom stereocenters. The van der Waals surface area contributed by atoms with Crippen LogP contribution in [0.25, 0.3) is 16.6 Å². The number of nitrogens with zero attached hydrogens (tertiary/aromatic N) is 3. The quantitative estimate of drug-likeness (QED) is 0.481. The number of aromatic nitrogens is 3. The van der Waals surface area contributed by atoms with Gasteiger partial charge >= 0.3 is 12.1 Å². The number of aromatic hydroxyl groups is 1. The second-order valence-corrected chi connectivity index (χ2v) is 6.90. The molecular formula is C21H17F3N4O3. The summed E-state index contributed by atoms with van der Waals surface area (Å²) in [5.41, 5.74) is 7.80. The number of nitrogen functional groups attached to an aromatic ring is 1. The third kappa shape index (κ3) is 3.91. The Morgan fingerprint density at radius 2 is 1.84 bits per heavy atom. The van der Waals surface area contributed by atoms with Crippen LogP contribution in [0.5, 0.6) is 11.6 Å². The van der Waals surface area contributed by atoms with Crippen LogP contribution in [0, 0.1) is 6.92 Å². The van der Waals surface area contributed by atoms with Gasteiger partial charge in [-0.1, -0.05) is 6.07 Å². The van der Waals surface area contributed by atoms with Crippen molar-refractivity contribution in [1.29, 1.82) is 0 Å². The molecule has 2 aromatic heterocycles. The molecule has 4 aromatic rings. The Balaban J connectivity index is 1.73. The summed E-state index contributed by atoms with van der Waals surface area (Å²) in [7, 11) is 0. The van der Waals surface area contributed by atoms with E-state index in [1.54, 1.807) is 31.3 Å². The van der Waals surface area contributed by atoms with Crippen molar-refractivity contribution in [1.82, 2.24) is 14.1 Å². The standard InChI is InChI=1S/C21H17F3N4O3/c1-12-19(29)28(15-3-5-16(6-4-15)31-21(22,23)24)20(30)27(12)11-13-8-9-26-18-10-14(25)2-7-17(13)18/h2-10,29H,11,25H2,1H3. The molecule has 4 rings (SSSR count). The first-order chi connectivity index (χ1) is 14.6. The molecule has 10 heteroatoms. The molecule has 0 aliphatic heterocycles. The van der Waals surface area contributed by atoms with Crippen molar-refractivity contribution in [2.75, 3.05) is 5.73 Å². The number of fused-ring (bicyclic) bond motifs is 1. The number of anilines is 1. The third-order valence-electron chi connectivity index (χ3n) is 4.88. The van der Waals surface area contributed by atoms with Crippen molar-refractivity contribution in [2.45, 2.75) is 19.8 Å². The van der Waals surface area contributed by atoms with Crippen LogP contribution in [0.4, 0.5) is 18.9 Å². The lowest BCUT2D eigenvalue weighted by atomic mass is 10.1. The summed E-state index contributed by atoms with van der Waals surface area (Å²) in [5, 5.41) is 11.3. The molecule has 0 amide bonds. The molecule has 2 aromatic carbocycles. The highest BCUT2D eigenvalue weighted by molar-refractivity contribution is 5.84. The van der Waals surface area contributed by atoms with Crippen LogP contribution in [0.1, 0.15) is 11.3 Å². The van der Waals surface area contributed by atoms with Gasteiger partial charge in [0.1, 0.15) is 5.75 Å². The van der Waals surface area contributed by atoms with Gasteiger partial charge in [-0.3, -0.25) is 9.55 Å². The Labute approximate surface area is 173 Å². The second kappa shape index (κ2) is 7.38. The second-order valence-electron chi connectivity index (χ2n) is 6.90. The minimum absolute atomic E-state index is 0.156. The van der Waals surface area contributed by atoms with Crippen molar-refractivity contribution in [3.63, 3.8) is 0 Å². The number of alkyl halides is 3. The summed E-state index contributed by atoms with van der Waals surface area (Å²) in [6.07, 6.45) is -3.22. The molecule has 0 aliphatic carbocycles. The molecule has 0 saturated carbocycles. The Kier molecular flexibility index (Phi) is 4.84. The maximum atomic E-state index is 13.0. The van der Waals surface area contributed by atoms with E-state index in [0.29, 0.717) is 16.9 Å². The van der Waals surface area contributed by atoms with Gasteiger partial charge in [-0.15, -0.1) is 13.2 Å². The Morgan fingerprint density at radius 1 is 1.13 bits per heavy atom. The van der Waals surface area contributed by atoms with E-state index in [9.17, 15) is 23.1 Å². The Bertz CT molecular complexity index is 1320.